The molecule has 2 N–H and O–H groups in total. The molecule has 154 valence electrons. The molecular formula is C25H22N4O2. The summed E-state index contributed by atoms with van der Waals surface area (Å²) in [5.41, 5.74) is 1.17. The van der Waals surface area contributed by atoms with E-state index < -0.39 is 11.5 Å². The molecule has 1 saturated heterocycles. The lowest BCUT2D eigenvalue weighted by Gasteiger charge is -2.46. The molecule has 0 saturated carbocycles. The maximum atomic E-state index is 13.3. The molecule has 0 bridgehead atoms. The number of hydrogen-bond acceptors (Lipinski definition) is 4. The fourth-order valence-corrected chi connectivity index (χ4v) is 3.93. The summed E-state index contributed by atoms with van der Waals surface area (Å²) < 4.78 is 5.87. The van der Waals surface area contributed by atoms with Crippen molar-refractivity contribution in [1.82, 2.24) is 10.2 Å². The van der Waals surface area contributed by atoms with E-state index in [0.29, 0.717) is 11.3 Å². The van der Waals surface area contributed by atoms with Crippen molar-refractivity contribution in [2.75, 3.05) is 7.05 Å². The molecular weight excluding hydrogens is 388 g/mol. The van der Waals surface area contributed by atoms with Gasteiger partial charge in [0.2, 0.25) is 5.91 Å². The van der Waals surface area contributed by atoms with E-state index in [4.69, 9.17) is 10.1 Å². The summed E-state index contributed by atoms with van der Waals surface area (Å²) in [6.45, 7) is 1.89. The normalized spacial score (nSPS) is 20.7. The maximum absolute atomic E-state index is 13.3. The summed E-state index contributed by atoms with van der Waals surface area (Å²) in [7, 11) is 1.59. The smallest absolute Gasteiger partial charge is 0.239 e. The van der Waals surface area contributed by atoms with Crippen LogP contribution in [-0.2, 0) is 10.3 Å². The van der Waals surface area contributed by atoms with Crippen molar-refractivity contribution < 1.29 is 9.53 Å². The van der Waals surface area contributed by atoms with Gasteiger partial charge in [0.15, 0.2) is 5.96 Å². The molecule has 31 heavy (non-hydrogen) atoms. The van der Waals surface area contributed by atoms with E-state index in [0.717, 1.165) is 16.9 Å². The first kappa shape index (κ1) is 20.2. The lowest BCUT2D eigenvalue weighted by atomic mass is 9.73. The third kappa shape index (κ3) is 3.74. The second kappa shape index (κ2) is 7.96. The molecule has 6 heteroatoms. The minimum Gasteiger partial charge on any atom is -0.457 e. The zero-order valence-corrected chi connectivity index (χ0v) is 17.3. The van der Waals surface area contributed by atoms with E-state index >= 15 is 0 Å². The number of para-hydroxylation sites is 1. The Morgan fingerprint density at radius 2 is 1.71 bits per heavy atom. The Kier molecular flexibility index (Phi) is 5.18. The molecule has 1 aliphatic heterocycles. The Morgan fingerprint density at radius 3 is 2.39 bits per heavy atom. The molecule has 1 fully saturated rings. The molecule has 1 amide bonds. The summed E-state index contributed by atoms with van der Waals surface area (Å²) >= 11 is 0. The summed E-state index contributed by atoms with van der Waals surface area (Å²) in [6.07, 6.45) is 0. The second-order valence-corrected chi connectivity index (χ2v) is 7.68. The number of ether oxygens (including phenoxy) is 1. The molecule has 6 nitrogen and oxygen atoms in total. The quantitative estimate of drug-likeness (QED) is 0.669. The van der Waals surface area contributed by atoms with Crippen LogP contribution >= 0.6 is 0 Å². The molecule has 0 radical (unpaired) electrons. The van der Waals surface area contributed by atoms with Crippen molar-refractivity contribution in [1.29, 1.82) is 10.7 Å². The Bertz CT molecular complexity index is 1170. The third-order valence-electron chi connectivity index (χ3n) is 5.65. The summed E-state index contributed by atoms with van der Waals surface area (Å²) in [4.78, 5) is 14.6. The van der Waals surface area contributed by atoms with Crippen LogP contribution in [-0.4, -0.2) is 23.8 Å². The third-order valence-corrected chi connectivity index (χ3v) is 5.65. The van der Waals surface area contributed by atoms with Gasteiger partial charge in [0.1, 0.15) is 11.5 Å². The van der Waals surface area contributed by atoms with Crippen molar-refractivity contribution in [3.63, 3.8) is 0 Å². The van der Waals surface area contributed by atoms with Crippen molar-refractivity contribution >= 4 is 11.9 Å². The lowest BCUT2D eigenvalue weighted by molar-refractivity contribution is -0.131. The van der Waals surface area contributed by atoms with Gasteiger partial charge in [0, 0.05) is 7.05 Å². The first-order valence-corrected chi connectivity index (χ1v) is 9.90. The Labute approximate surface area is 181 Å². The Morgan fingerprint density at radius 1 is 1.03 bits per heavy atom. The number of benzene rings is 3. The first-order chi connectivity index (χ1) is 14.9. The van der Waals surface area contributed by atoms with Gasteiger partial charge in [-0.1, -0.05) is 42.5 Å². The fourth-order valence-electron chi connectivity index (χ4n) is 3.93. The number of hydrogen-bond donors (Lipinski definition) is 2. The van der Waals surface area contributed by atoms with Gasteiger partial charge in [0.25, 0.3) is 0 Å². The van der Waals surface area contributed by atoms with E-state index in [9.17, 15) is 10.1 Å². The van der Waals surface area contributed by atoms with E-state index in [1.807, 2.05) is 67.6 Å². The predicted octanol–water partition coefficient (Wildman–Crippen LogP) is 4.35. The van der Waals surface area contributed by atoms with Gasteiger partial charge in [-0.25, -0.2) is 0 Å². The van der Waals surface area contributed by atoms with E-state index in [-0.39, 0.29) is 11.9 Å². The molecule has 0 aromatic heterocycles. The number of guanidine groups is 1. The summed E-state index contributed by atoms with van der Waals surface area (Å²) in [5, 5.41) is 20.8. The molecule has 0 aliphatic carbocycles. The van der Waals surface area contributed by atoms with Gasteiger partial charge >= 0.3 is 0 Å². The maximum Gasteiger partial charge on any atom is 0.239 e. The van der Waals surface area contributed by atoms with Crippen LogP contribution in [0, 0.1) is 16.7 Å². The second-order valence-electron chi connectivity index (χ2n) is 7.68. The van der Waals surface area contributed by atoms with E-state index in [1.165, 1.54) is 4.90 Å². The predicted molar refractivity (Wildman–Crippen MR) is 118 cm³/mol. The van der Waals surface area contributed by atoms with Crippen LogP contribution < -0.4 is 10.1 Å². The van der Waals surface area contributed by atoms with Crippen molar-refractivity contribution in [2.24, 2.45) is 0 Å². The Balaban J connectivity index is 1.73. The van der Waals surface area contributed by atoms with Crippen LogP contribution in [0.4, 0.5) is 0 Å². The molecule has 3 aromatic carbocycles. The van der Waals surface area contributed by atoms with Gasteiger partial charge < -0.3 is 10.1 Å². The summed E-state index contributed by atoms with van der Waals surface area (Å²) in [5.74, 6) is 0.643. The van der Waals surface area contributed by atoms with Crippen molar-refractivity contribution in [3.05, 3.63) is 95.6 Å². The summed E-state index contributed by atoms with van der Waals surface area (Å²) in [6, 6.07) is 26.2. The standard InChI is InChI=1S/C25H22N4O2/c1-25(19-8-6-7-17(15-19)16-26)22(23(30)29(2)24(27)28-25)18-11-13-21(14-12-18)31-20-9-4-3-5-10-20/h3-15,22H,1-2H3,(H2,27,28)/t22-,25-/m1/s1. The average molecular weight is 410 g/mol. The van der Waals surface area contributed by atoms with Gasteiger partial charge in [-0.2, -0.15) is 5.26 Å². The first-order valence-electron chi connectivity index (χ1n) is 9.90. The number of likely N-dealkylation sites (N-methyl/N-ethyl adjacent to an activating group) is 1. The molecule has 0 spiro atoms. The molecule has 1 aliphatic rings. The van der Waals surface area contributed by atoms with Gasteiger partial charge in [-0.05, 0) is 54.4 Å². The SMILES string of the molecule is CN1C(=N)N[C@](C)(c2cccc(C#N)c2)[C@H](c2ccc(Oc3ccccc3)cc2)C1=O. The van der Waals surface area contributed by atoms with Gasteiger partial charge in [0.05, 0.1) is 23.1 Å². The minimum absolute atomic E-state index is 0.0233. The van der Waals surface area contributed by atoms with Gasteiger partial charge in [-0.15, -0.1) is 0 Å². The molecule has 0 unspecified atom stereocenters. The number of amides is 1. The topological polar surface area (TPSA) is 89.2 Å². The monoisotopic (exact) mass is 410 g/mol. The molecule has 1 heterocycles. The number of carbonyl (C=O) groups excluding carboxylic acids is 1. The highest BCUT2D eigenvalue weighted by Gasteiger charge is 2.48. The van der Waals surface area contributed by atoms with Crippen LogP contribution in [0.1, 0.15) is 29.5 Å². The van der Waals surface area contributed by atoms with E-state index in [2.05, 4.69) is 11.4 Å². The highest BCUT2D eigenvalue weighted by molar-refractivity contribution is 6.02. The number of nitrogens with one attached hydrogen (secondary N) is 2. The van der Waals surface area contributed by atoms with Crippen LogP contribution in [0.15, 0.2) is 78.9 Å². The van der Waals surface area contributed by atoms with Crippen LogP contribution in [0.2, 0.25) is 0 Å². The van der Waals surface area contributed by atoms with Crippen molar-refractivity contribution in [2.45, 2.75) is 18.4 Å². The molecule has 2 atom stereocenters. The molecule has 4 rings (SSSR count). The zero-order valence-electron chi connectivity index (χ0n) is 17.3. The van der Waals surface area contributed by atoms with Crippen LogP contribution in [0.25, 0.3) is 0 Å². The number of carbonyl (C=O) groups is 1. The zero-order chi connectivity index (χ0) is 22.0. The van der Waals surface area contributed by atoms with Crippen LogP contribution in [0.5, 0.6) is 11.5 Å². The van der Waals surface area contributed by atoms with Crippen LogP contribution in [0.3, 0.4) is 0 Å². The highest BCUT2D eigenvalue weighted by atomic mass is 16.5. The van der Waals surface area contributed by atoms with Crippen molar-refractivity contribution in [3.8, 4) is 17.6 Å². The average Bonchev–Trinajstić information content (AvgIpc) is 2.79. The van der Waals surface area contributed by atoms with E-state index in [1.54, 1.807) is 25.2 Å². The lowest BCUT2D eigenvalue weighted by Crippen LogP contribution is -2.62. The largest absolute Gasteiger partial charge is 0.457 e. The number of nitriles is 1. The highest BCUT2D eigenvalue weighted by Crippen LogP contribution is 2.41. The number of nitrogens with zero attached hydrogens (tertiary/aromatic N) is 2. The van der Waals surface area contributed by atoms with Gasteiger partial charge in [-0.3, -0.25) is 15.1 Å². The minimum atomic E-state index is -0.894. The number of rotatable bonds is 4. The fraction of sp³-hybridized carbons (Fsp3) is 0.160. The Hall–Kier alpha value is -4.11. The molecule has 3 aromatic rings.